The quantitative estimate of drug-likeness (QED) is 0.302. The molecule has 0 bridgehead atoms. The summed E-state index contributed by atoms with van der Waals surface area (Å²) in [6.07, 6.45) is 1.25. The summed E-state index contributed by atoms with van der Waals surface area (Å²) in [7, 11) is 5.26. The fourth-order valence-corrected chi connectivity index (χ4v) is 3.81. The van der Waals surface area contributed by atoms with Crippen LogP contribution in [0.1, 0.15) is 47.7 Å². The number of hydrogen-bond donors (Lipinski definition) is 2. The first-order valence-electron chi connectivity index (χ1n) is 10.9. The van der Waals surface area contributed by atoms with Crippen molar-refractivity contribution in [2.45, 2.75) is 40.4 Å². The number of halogens is 1. The van der Waals surface area contributed by atoms with Gasteiger partial charge >= 0.3 is 5.97 Å². The van der Waals surface area contributed by atoms with Crippen molar-refractivity contribution in [1.29, 1.82) is 0 Å². The van der Waals surface area contributed by atoms with Crippen molar-refractivity contribution in [2.75, 3.05) is 26.1 Å². The maximum atomic E-state index is 11.3. The van der Waals surface area contributed by atoms with E-state index in [1.165, 1.54) is 19.1 Å². The van der Waals surface area contributed by atoms with E-state index < -0.39 is 5.97 Å². The Morgan fingerprint density at radius 2 is 1.62 bits per heavy atom. The van der Waals surface area contributed by atoms with Crippen LogP contribution in [0.25, 0.3) is 21.9 Å². The van der Waals surface area contributed by atoms with E-state index in [0.717, 1.165) is 27.6 Å². The number of anilines is 1. The number of carbonyl (C=O) groups excluding carboxylic acids is 1. The summed E-state index contributed by atoms with van der Waals surface area (Å²) in [4.78, 5) is 13.3. The molecular weight excluding hydrogens is 502 g/mol. The van der Waals surface area contributed by atoms with Crippen molar-refractivity contribution in [3.8, 4) is 0 Å². The number of rotatable bonds is 4. The number of nitrogens with zero attached hydrogens (tertiary/aromatic N) is 1. The molecule has 0 radical (unpaired) electrons. The number of methoxy groups -OCH3 is 1. The molecule has 7 nitrogen and oxygen atoms in total. The van der Waals surface area contributed by atoms with E-state index in [1.807, 2.05) is 25.1 Å². The SMILES string of the molecule is CCC.COC(=O)c1cc2cc(CO)cc(Br)c2o1.Cc1cc(N(C)C)c2oc(CO)cc2c1. The van der Waals surface area contributed by atoms with Crippen LogP contribution >= 0.6 is 15.9 Å². The molecular formula is C26H32BrNO6. The lowest BCUT2D eigenvalue weighted by atomic mass is 10.1. The Morgan fingerprint density at radius 3 is 2.18 bits per heavy atom. The molecule has 0 fully saturated rings. The second-order valence-corrected chi connectivity index (χ2v) is 8.79. The Bertz CT molecular complexity index is 1240. The summed E-state index contributed by atoms with van der Waals surface area (Å²) >= 11 is 3.32. The minimum absolute atomic E-state index is 0.0550. The van der Waals surface area contributed by atoms with Gasteiger partial charge in [-0.3, -0.25) is 0 Å². The summed E-state index contributed by atoms with van der Waals surface area (Å²) in [5.74, 6) is 0.237. The van der Waals surface area contributed by atoms with Crippen LogP contribution in [-0.4, -0.2) is 37.4 Å². The van der Waals surface area contributed by atoms with E-state index in [4.69, 9.17) is 19.0 Å². The summed E-state index contributed by atoms with van der Waals surface area (Å²) in [6.45, 7) is 6.19. The van der Waals surface area contributed by atoms with Gasteiger partial charge in [-0.15, -0.1) is 0 Å². The van der Waals surface area contributed by atoms with Crippen molar-refractivity contribution < 1.29 is 28.6 Å². The molecule has 0 amide bonds. The van der Waals surface area contributed by atoms with E-state index in [-0.39, 0.29) is 19.0 Å². The minimum Gasteiger partial charge on any atom is -0.463 e. The van der Waals surface area contributed by atoms with Crippen molar-refractivity contribution in [3.05, 3.63) is 63.5 Å². The summed E-state index contributed by atoms with van der Waals surface area (Å²) < 4.78 is 16.2. The van der Waals surface area contributed by atoms with Crippen LogP contribution in [0, 0.1) is 6.92 Å². The van der Waals surface area contributed by atoms with E-state index in [9.17, 15) is 4.79 Å². The Balaban J connectivity index is 0.000000216. The molecule has 0 aliphatic carbocycles. The highest BCUT2D eigenvalue weighted by molar-refractivity contribution is 9.10. The minimum atomic E-state index is -0.520. The number of hydrogen-bond acceptors (Lipinski definition) is 7. The van der Waals surface area contributed by atoms with Gasteiger partial charge in [0.15, 0.2) is 5.58 Å². The lowest BCUT2D eigenvalue weighted by Crippen LogP contribution is -2.08. The molecule has 2 N–H and O–H groups in total. The summed E-state index contributed by atoms with van der Waals surface area (Å²) in [5.41, 5.74) is 4.39. The van der Waals surface area contributed by atoms with Gasteiger partial charge in [-0.2, -0.15) is 0 Å². The van der Waals surface area contributed by atoms with Crippen LogP contribution < -0.4 is 4.90 Å². The molecule has 34 heavy (non-hydrogen) atoms. The maximum absolute atomic E-state index is 11.3. The Kier molecular flexibility index (Phi) is 10.2. The third-order valence-corrected chi connectivity index (χ3v) is 5.22. The Morgan fingerprint density at radius 1 is 0.971 bits per heavy atom. The third-order valence-electron chi connectivity index (χ3n) is 4.63. The maximum Gasteiger partial charge on any atom is 0.373 e. The van der Waals surface area contributed by atoms with E-state index in [0.29, 0.717) is 15.8 Å². The molecule has 0 saturated heterocycles. The van der Waals surface area contributed by atoms with Crippen molar-refractivity contribution in [2.24, 2.45) is 0 Å². The molecule has 0 unspecified atom stereocenters. The number of aliphatic hydroxyl groups is 2. The molecule has 8 heteroatoms. The van der Waals surface area contributed by atoms with Crippen LogP contribution in [0.15, 0.2) is 49.7 Å². The molecule has 0 aliphatic rings. The normalized spacial score (nSPS) is 10.4. The number of ether oxygens (including phenoxy) is 1. The number of aryl methyl sites for hydroxylation is 1. The first-order valence-corrected chi connectivity index (χ1v) is 11.7. The molecule has 2 heterocycles. The first-order chi connectivity index (χ1) is 16.2. The molecule has 4 rings (SSSR count). The monoisotopic (exact) mass is 533 g/mol. The van der Waals surface area contributed by atoms with Gasteiger partial charge in [0.2, 0.25) is 5.76 Å². The predicted octanol–water partition coefficient (Wildman–Crippen LogP) is 6.19. The number of fused-ring (bicyclic) bond motifs is 2. The van der Waals surface area contributed by atoms with Gasteiger partial charge in [0.25, 0.3) is 0 Å². The molecule has 2 aromatic carbocycles. The van der Waals surface area contributed by atoms with Crippen LogP contribution in [0.5, 0.6) is 0 Å². The highest BCUT2D eigenvalue weighted by Crippen LogP contribution is 2.31. The van der Waals surface area contributed by atoms with Crippen molar-refractivity contribution >= 4 is 49.5 Å². The zero-order chi connectivity index (χ0) is 25.4. The number of aliphatic hydroxyl groups excluding tert-OH is 2. The van der Waals surface area contributed by atoms with Gasteiger partial charge in [0, 0.05) is 24.9 Å². The fraction of sp³-hybridized carbons (Fsp3) is 0.346. The topological polar surface area (TPSA) is 96.3 Å². The highest BCUT2D eigenvalue weighted by Gasteiger charge is 2.14. The van der Waals surface area contributed by atoms with Crippen molar-refractivity contribution in [1.82, 2.24) is 0 Å². The standard InChI is InChI=1S/C12H15NO2.C11H9BrO4.C3H8/c1-8-4-9-6-10(7-14)15-12(9)11(5-8)13(2)3;1-15-11(14)9-4-7-2-6(5-13)3-8(12)10(7)16-9;1-3-2/h4-6,14H,7H2,1-3H3;2-4,13H,5H2,1H3;3H2,1-2H3. The van der Waals surface area contributed by atoms with Gasteiger partial charge in [0.05, 0.1) is 23.9 Å². The van der Waals surface area contributed by atoms with Gasteiger partial charge in [0.1, 0.15) is 18.0 Å². The average Bonchev–Trinajstić information content (AvgIpc) is 3.43. The number of furan rings is 2. The van der Waals surface area contributed by atoms with Crippen LogP contribution in [0.4, 0.5) is 5.69 Å². The molecule has 2 aromatic heterocycles. The predicted molar refractivity (Wildman–Crippen MR) is 138 cm³/mol. The zero-order valence-electron chi connectivity index (χ0n) is 20.4. The smallest absolute Gasteiger partial charge is 0.373 e. The molecule has 0 spiro atoms. The third kappa shape index (κ3) is 6.62. The molecule has 0 atom stereocenters. The van der Waals surface area contributed by atoms with Gasteiger partial charge in [-0.1, -0.05) is 20.3 Å². The second kappa shape index (κ2) is 12.6. The zero-order valence-corrected chi connectivity index (χ0v) is 22.0. The Labute approximate surface area is 208 Å². The molecule has 0 saturated carbocycles. The summed E-state index contributed by atoms with van der Waals surface area (Å²) in [6, 6.07) is 11.1. The van der Waals surface area contributed by atoms with Gasteiger partial charge in [-0.05, 0) is 70.4 Å². The largest absolute Gasteiger partial charge is 0.463 e. The number of benzene rings is 2. The summed E-state index contributed by atoms with van der Waals surface area (Å²) in [5, 5.41) is 19.9. The van der Waals surface area contributed by atoms with Crippen LogP contribution in [0.3, 0.4) is 0 Å². The fourth-order valence-electron chi connectivity index (χ4n) is 3.21. The Hall–Kier alpha value is -2.81. The average molecular weight is 534 g/mol. The molecule has 184 valence electrons. The van der Waals surface area contributed by atoms with Crippen molar-refractivity contribution in [3.63, 3.8) is 0 Å². The number of carbonyl (C=O) groups is 1. The first kappa shape index (κ1) is 27.4. The lowest BCUT2D eigenvalue weighted by Gasteiger charge is -2.13. The van der Waals surface area contributed by atoms with Crippen LogP contribution in [0.2, 0.25) is 0 Å². The van der Waals surface area contributed by atoms with Crippen LogP contribution in [-0.2, 0) is 18.0 Å². The van der Waals surface area contributed by atoms with E-state index in [2.05, 4.69) is 53.6 Å². The molecule has 0 aliphatic heterocycles. The number of esters is 1. The van der Waals surface area contributed by atoms with Gasteiger partial charge in [-0.25, -0.2) is 4.79 Å². The van der Waals surface area contributed by atoms with E-state index in [1.54, 1.807) is 18.2 Å². The van der Waals surface area contributed by atoms with Gasteiger partial charge < -0.3 is 28.7 Å². The lowest BCUT2D eigenvalue weighted by molar-refractivity contribution is 0.0567. The highest BCUT2D eigenvalue weighted by atomic mass is 79.9. The second-order valence-electron chi connectivity index (χ2n) is 7.93. The van der Waals surface area contributed by atoms with E-state index >= 15 is 0 Å². The molecule has 4 aromatic rings.